The molecular weight excluding hydrogens is 408 g/mol. The summed E-state index contributed by atoms with van der Waals surface area (Å²) in [7, 11) is -2.58. The van der Waals surface area contributed by atoms with E-state index in [1.807, 2.05) is 6.92 Å². The number of methoxy groups -OCH3 is 1. The molecule has 0 atom stereocenters. The van der Waals surface area contributed by atoms with E-state index in [0.717, 1.165) is 4.31 Å². The van der Waals surface area contributed by atoms with Crippen LogP contribution < -0.4 is 10.1 Å². The molecule has 0 aliphatic carbocycles. The van der Waals surface area contributed by atoms with Gasteiger partial charge in [-0.05, 0) is 61.9 Å². The Morgan fingerprint density at radius 3 is 2.27 bits per heavy atom. The molecule has 0 spiro atoms. The normalized spacial score (nSPS) is 11.2. The van der Waals surface area contributed by atoms with Crippen LogP contribution in [0.3, 0.4) is 0 Å². The van der Waals surface area contributed by atoms with E-state index in [1.165, 1.54) is 31.4 Å². The summed E-state index contributed by atoms with van der Waals surface area (Å²) < 4.78 is 37.1. The highest BCUT2D eigenvalue weighted by atomic mass is 32.2. The maximum Gasteiger partial charge on any atom is 0.337 e. The van der Waals surface area contributed by atoms with Crippen molar-refractivity contribution in [2.75, 3.05) is 32.1 Å². The lowest BCUT2D eigenvalue weighted by atomic mass is 10.2. The van der Waals surface area contributed by atoms with Crippen LogP contribution in [0, 0.1) is 6.92 Å². The Labute approximate surface area is 176 Å². The molecule has 1 amide bonds. The highest BCUT2D eigenvalue weighted by molar-refractivity contribution is 7.89. The third kappa shape index (κ3) is 5.58. The number of likely N-dealkylation sites (N-methyl/N-ethyl adjacent to an activating group) is 1. The van der Waals surface area contributed by atoms with Crippen molar-refractivity contribution in [1.29, 1.82) is 0 Å². The van der Waals surface area contributed by atoms with E-state index in [-0.39, 0.29) is 18.0 Å². The maximum absolute atomic E-state index is 13.0. The lowest BCUT2D eigenvalue weighted by molar-refractivity contribution is -0.116. The first-order chi connectivity index (χ1) is 14.2. The molecule has 8 nitrogen and oxygen atoms in total. The van der Waals surface area contributed by atoms with Gasteiger partial charge in [0, 0.05) is 12.2 Å². The van der Waals surface area contributed by atoms with Crippen molar-refractivity contribution in [2.24, 2.45) is 0 Å². The van der Waals surface area contributed by atoms with Crippen LogP contribution in [-0.4, -0.2) is 51.4 Å². The molecular formula is C21H26N2O6S. The lowest BCUT2D eigenvalue weighted by Crippen LogP contribution is -2.37. The van der Waals surface area contributed by atoms with E-state index in [0.29, 0.717) is 29.2 Å². The molecule has 0 fully saturated rings. The minimum absolute atomic E-state index is 0.0977. The Bertz CT molecular complexity index is 1000. The maximum atomic E-state index is 13.0. The number of benzene rings is 2. The first-order valence-corrected chi connectivity index (χ1v) is 10.9. The molecule has 0 saturated heterocycles. The number of hydrogen-bond donors (Lipinski definition) is 1. The van der Waals surface area contributed by atoms with Gasteiger partial charge in [-0.2, -0.15) is 4.31 Å². The van der Waals surface area contributed by atoms with E-state index in [9.17, 15) is 18.0 Å². The van der Waals surface area contributed by atoms with Crippen LogP contribution in [0.2, 0.25) is 0 Å². The van der Waals surface area contributed by atoms with Crippen molar-refractivity contribution in [2.45, 2.75) is 25.7 Å². The number of hydrogen-bond acceptors (Lipinski definition) is 6. The molecule has 0 saturated carbocycles. The van der Waals surface area contributed by atoms with Gasteiger partial charge in [-0.15, -0.1) is 0 Å². The van der Waals surface area contributed by atoms with Crippen molar-refractivity contribution in [1.82, 2.24) is 4.31 Å². The number of rotatable bonds is 9. The molecule has 0 radical (unpaired) electrons. The Hall–Kier alpha value is -2.91. The van der Waals surface area contributed by atoms with Crippen LogP contribution >= 0.6 is 0 Å². The molecule has 0 unspecified atom stereocenters. The van der Waals surface area contributed by atoms with Gasteiger partial charge < -0.3 is 14.8 Å². The number of carbonyl (C=O) groups is 2. The third-order valence-corrected chi connectivity index (χ3v) is 6.26. The minimum atomic E-state index is -3.86. The smallest absolute Gasteiger partial charge is 0.337 e. The van der Waals surface area contributed by atoms with Crippen molar-refractivity contribution in [3.8, 4) is 5.75 Å². The highest BCUT2D eigenvalue weighted by Gasteiger charge is 2.26. The first kappa shape index (κ1) is 23.4. The number of amides is 1. The Morgan fingerprint density at radius 2 is 1.73 bits per heavy atom. The molecule has 2 rings (SSSR count). The number of nitrogens with one attached hydrogen (secondary N) is 1. The number of nitrogens with zero attached hydrogens (tertiary/aromatic N) is 1. The molecule has 2 aromatic rings. The van der Waals surface area contributed by atoms with Gasteiger partial charge >= 0.3 is 5.97 Å². The van der Waals surface area contributed by atoms with Gasteiger partial charge in [0.25, 0.3) is 0 Å². The van der Waals surface area contributed by atoms with E-state index >= 15 is 0 Å². The van der Waals surface area contributed by atoms with Crippen LogP contribution in [0.5, 0.6) is 5.75 Å². The molecule has 0 bridgehead atoms. The zero-order valence-corrected chi connectivity index (χ0v) is 18.3. The Balaban J connectivity index is 2.12. The lowest BCUT2D eigenvalue weighted by Gasteiger charge is -2.21. The monoisotopic (exact) mass is 434 g/mol. The van der Waals surface area contributed by atoms with Crippen LogP contribution in [0.25, 0.3) is 0 Å². The predicted molar refractivity (Wildman–Crippen MR) is 113 cm³/mol. The Morgan fingerprint density at radius 1 is 1.07 bits per heavy atom. The number of anilines is 1. The van der Waals surface area contributed by atoms with Gasteiger partial charge in [0.15, 0.2) is 0 Å². The van der Waals surface area contributed by atoms with Crippen LogP contribution in [0.4, 0.5) is 5.69 Å². The van der Waals surface area contributed by atoms with E-state index in [2.05, 4.69) is 10.1 Å². The number of aryl methyl sites for hydroxylation is 1. The molecule has 162 valence electrons. The molecule has 30 heavy (non-hydrogen) atoms. The molecule has 0 aliphatic rings. The Kier molecular flexibility index (Phi) is 7.96. The summed E-state index contributed by atoms with van der Waals surface area (Å²) in [6.07, 6.45) is 0. The molecule has 0 aliphatic heterocycles. The third-order valence-electron chi connectivity index (χ3n) is 4.35. The summed E-state index contributed by atoms with van der Waals surface area (Å²) in [6, 6.07) is 10.7. The zero-order chi connectivity index (χ0) is 22.3. The van der Waals surface area contributed by atoms with Crippen molar-refractivity contribution in [3.63, 3.8) is 0 Å². The second-order valence-electron chi connectivity index (χ2n) is 6.41. The fraction of sp³-hybridized carbons (Fsp3) is 0.333. The average Bonchev–Trinajstić information content (AvgIpc) is 2.73. The van der Waals surface area contributed by atoms with Crippen LogP contribution in [0.15, 0.2) is 47.4 Å². The number of sulfonamides is 1. The summed E-state index contributed by atoms with van der Waals surface area (Å²) in [5.74, 6) is -0.358. The average molecular weight is 435 g/mol. The van der Waals surface area contributed by atoms with E-state index < -0.39 is 21.9 Å². The molecule has 0 heterocycles. The number of carbonyl (C=O) groups excluding carboxylic acids is 2. The minimum Gasteiger partial charge on any atom is -0.494 e. The molecule has 2 aromatic carbocycles. The summed E-state index contributed by atoms with van der Waals surface area (Å²) in [5.41, 5.74) is 1.49. The van der Waals surface area contributed by atoms with Gasteiger partial charge in [-0.3, -0.25) is 4.79 Å². The fourth-order valence-corrected chi connectivity index (χ4v) is 4.27. The van der Waals surface area contributed by atoms with Crippen LogP contribution in [0.1, 0.15) is 29.8 Å². The van der Waals surface area contributed by atoms with E-state index in [1.54, 1.807) is 32.0 Å². The zero-order valence-electron chi connectivity index (χ0n) is 17.5. The van der Waals surface area contributed by atoms with Gasteiger partial charge in [0.2, 0.25) is 15.9 Å². The molecule has 0 aromatic heterocycles. The quantitative estimate of drug-likeness (QED) is 0.609. The second-order valence-corrected chi connectivity index (χ2v) is 8.35. The first-order valence-electron chi connectivity index (χ1n) is 9.44. The van der Waals surface area contributed by atoms with Crippen molar-refractivity contribution >= 4 is 27.6 Å². The van der Waals surface area contributed by atoms with Gasteiger partial charge in [0.1, 0.15) is 5.75 Å². The van der Waals surface area contributed by atoms with Crippen LogP contribution in [-0.2, 0) is 19.6 Å². The second kappa shape index (κ2) is 10.2. The van der Waals surface area contributed by atoms with Gasteiger partial charge in [0.05, 0.1) is 30.7 Å². The standard InChI is InChI=1S/C21H26N2O6S/c1-5-23(30(26,27)18-11-12-19(29-6-2)15(3)13-18)14-20(24)22-17-9-7-16(8-10-17)21(25)28-4/h7-13H,5-6,14H2,1-4H3,(H,22,24). The molecule has 9 heteroatoms. The summed E-state index contributed by atoms with van der Waals surface area (Å²) in [4.78, 5) is 24.0. The van der Waals surface area contributed by atoms with Gasteiger partial charge in [-0.1, -0.05) is 6.92 Å². The number of esters is 1. The largest absolute Gasteiger partial charge is 0.494 e. The van der Waals surface area contributed by atoms with Gasteiger partial charge in [-0.25, -0.2) is 13.2 Å². The number of ether oxygens (including phenoxy) is 2. The van der Waals surface area contributed by atoms with E-state index in [4.69, 9.17) is 4.74 Å². The summed E-state index contributed by atoms with van der Waals surface area (Å²) in [5, 5.41) is 2.63. The predicted octanol–water partition coefficient (Wildman–Crippen LogP) is 2.83. The topological polar surface area (TPSA) is 102 Å². The summed E-state index contributed by atoms with van der Waals surface area (Å²) in [6.45, 7) is 5.55. The SMILES string of the molecule is CCOc1ccc(S(=O)(=O)N(CC)CC(=O)Nc2ccc(C(=O)OC)cc2)cc1C. The molecule has 1 N–H and O–H groups in total. The highest BCUT2D eigenvalue weighted by Crippen LogP contribution is 2.24. The fourth-order valence-electron chi connectivity index (χ4n) is 2.78. The summed E-state index contributed by atoms with van der Waals surface area (Å²) >= 11 is 0. The van der Waals surface area contributed by atoms with Crippen molar-refractivity contribution < 1.29 is 27.5 Å². The van der Waals surface area contributed by atoms with Crippen molar-refractivity contribution in [3.05, 3.63) is 53.6 Å².